The van der Waals surface area contributed by atoms with Crippen LogP contribution in [0.15, 0.2) is 29.2 Å². The molecule has 7 nitrogen and oxygen atoms in total. The van der Waals surface area contributed by atoms with Gasteiger partial charge in [0, 0.05) is 36.7 Å². The first kappa shape index (κ1) is 22.4. The van der Waals surface area contributed by atoms with Gasteiger partial charge in [0.2, 0.25) is 15.9 Å². The molecule has 0 saturated carbocycles. The molecule has 28 heavy (non-hydrogen) atoms. The third-order valence-corrected chi connectivity index (χ3v) is 6.64. The van der Waals surface area contributed by atoms with Crippen LogP contribution in [0.25, 0.3) is 0 Å². The number of amides is 2. The van der Waals surface area contributed by atoms with E-state index in [-0.39, 0.29) is 34.7 Å². The highest BCUT2D eigenvalue weighted by Gasteiger charge is 2.25. The Morgan fingerprint density at radius 2 is 1.68 bits per heavy atom. The molecule has 1 unspecified atom stereocenters. The highest BCUT2D eigenvalue weighted by Crippen LogP contribution is 2.15. The first-order chi connectivity index (χ1) is 13.1. The fraction of sp³-hybridized carbons (Fsp3) is 0.600. The Morgan fingerprint density at radius 3 is 2.18 bits per heavy atom. The van der Waals surface area contributed by atoms with Crippen molar-refractivity contribution in [1.82, 2.24) is 14.9 Å². The highest BCUT2D eigenvalue weighted by atomic mass is 32.2. The summed E-state index contributed by atoms with van der Waals surface area (Å²) in [5, 5.41) is 2.98. The maximum Gasteiger partial charge on any atom is 0.251 e. The number of carbonyl (C=O) groups excluding carboxylic acids is 2. The summed E-state index contributed by atoms with van der Waals surface area (Å²) in [4.78, 5) is 26.5. The van der Waals surface area contributed by atoms with Gasteiger partial charge in [-0.2, -0.15) is 0 Å². The standard InChI is InChI=1S/C20H31N3O4S/c1-5-15(4)22-28(26,27)18-8-6-16(7-9-18)19(24)21-17-10-12-23(13-11-17)20(25)14(2)3/h6-9,14-15,17,22H,5,10-13H2,1-4H3,(H,21,24). The van der Waals surface area contributed by atoms with E-state index in [1.165, 1.54) is 24.3 Å². The van der Waals surface area contributed by atoms with E-state index in [2.05, 4.69) is 10.0 Å². The molecule has 2 rings (SSSR count). The minimum Gasteiger partial charge on any atom is -0.349 e. The number of hydrogen-bond acceptors (Lipinski definition) is 4. The lowest BCUT2D eigenvalue weighted by Crippen LogP contribution is -2.47. The number of benzene rings is 1. The van der Waals surface area contributed by atoms with Crippen LogP contribution < -0.4 is 10.0 Å². The van der Waals surface area contributed by atoms with Gasteiger partial charge in [0.1, 0.15) is 0 Å². The van der Waals surface area contributed by atoms with Crippen LogP contribution in [-0.2, 0) is 14.8 Å². The summed E-state index contributed by atoms with van der Waals surface area (Å²) >= 11 is 0. The Hall–Kier alpha value is -1.93. The van der Waals surface area contributed by atoms with Crippen molar-refractivity contribution in [3.05, 3.63) is 29.8 Å². The Labute approximate surface area is 167 Å². The molecule has 1 aromatic rings. The summed E-state index contributed by atoms with van der Waals surface area (Å²) in [5.41, 5.74) is 0.420. The van der Waals surface area contributed by atoms with Crippen LogP contribution in [0.4, 0.5) is 0 Å². The highest BCUT2D eigenvalue weighted by molar-refractivity contribution is 7.89. The van der Waals surface area contributed by atoms with Crippen LogP contribution in [0, 0.1) is 5.92 Å². The monoisotopic (exact) mass is 409 g/mol. The van der Waals surface area contributed by atoms with Gasteiger partial charge in [-0.3, -0.25) is 9.59 Å². The lowest BCUT2D eigenvalue weighted by atomic mass is 10.0. The molecule has 2 amide bonds. The summed E-state index contributed by atoms with van der Waals surface area (Å²) in [5.74, 6) is -0.101. The van der Waals surface area contributed by atoms with Crippen LogP contribution in [0.3, 0.4) is 0 Å². The normalized spacial score (nSPS) is 16.8. The Bertz CT molecular complexity index is 782. The first-order valence-electron chi connectivity index (χ1n) is 9.86. The molecule has 1 aromatic carbocycles. The Morgan fingerprint density at radius 1 is 1.11 bits per heavy atom. The van der Waals surface area contributed by atoms with Crippen molar-refractivity contribution in [3.63, 3.8) is 0 Å². The molecule has 2 N–H and O–H groups in total. The third-order valence-electron chi connectivity index (χ3n) is 5.03. The SMILES string of the molecule is CCC(C)NS(=O)(=O)c1ccc(C(=O)NC2CCN(C(=O)C(C)C)CC2)cc1. The van der Waals surface area contributed by atoms with Crippen molar-refractivity contribution in [3.8, 4) is 0 Å². The second-order valence-corrected chi connectivity index (χ2v) is 9.40. The van der Waals surface area contributed by atoms with Gasteiger partial charge in [-0.1, -0.05) is 20.8 Å². The van der Waals surface area contributed by atoms with Gasteiger partial charge in [-0.25, -0.2) is 13.1 Å². The van der Waals surface area contributed by atoms with Crippen LogP contribution in [0.5, 0.6) is 0 Å². The lowest BCUT2D eigenvalue weighted by Gasteiger charge is -2.33. The number of carbonyl (C=O) groups is 2. The van der Waals surface area contributed by atoms with Gasteiger partial charge in [-0.05, 0) is 50.5 Å². The van der Waals surface area contributed by atoms with Gasteiger partial charge in [0.05, 0.1) is 4.90 Å². The molecular formula is C20H31N3O4S. The molecule has 1 saturated heterocycles. The molecule has 0 aromatic heterocycles. The molecule has 8 heteroatoms. The van der Waals surface area contributed by atoms with Crippen molar-refractivity contribution in [1.29, 1.82) is 0 Å². The van der Waals surface area contributed by atoms with E-state index >= 15 is 0 Å². The fourth-order valence-corrected chi connectivity index (χ4v) is 4.41. The van der Waals surface area contributed by atoms with Crippen molar-refractivity contribution in [2.45, 2.75) is 63.9 Å². The summed E-state index contributed by atoms with van der Waals surface area (Å²) in [6.07, 6.45) is 2.13. The van der Waals surface area contributed by atoms with Crippen LogP contribution in [0.1, 0.15) is 57.3 Å². The molecule has 0 aliphatic carbocycles. The number of sulfonamides is 1. The summed E-state index contributed by atoms with van der Waals surface area (Å²) < 4.78 is 27.2. The summed E-state index contributed by atoms with van der Waals surface area (Å²) in [6, 6.07) is 5.81. The zero-order chi connectivity index (χ0) is 20.9. The maximum absolute atomic E-state index is 12.5. The topological polar surface area (TPSA) is 95.6 Å². The molecule has 0 radical (unpaired) electrons. The lowest BCUT2D eigenvalue weighted by molar-refractivity contribution is -0.135. The zero-order valence-corrected chi connectivity index (χ0v) is 17.9. The number of hydrogen-bond donors (Lipinski definition) is 2. The summed E-state index contributed by atoms with van der Waals surface area (Å²) in [6.45, 7) is 8.76. The van der Waals surface area contributed by atoms with E-state index < -0.39 is 10.0 Å². The smallest absolute Gasteiger partial charge is 0.251 e. The average Bonchev–Trinajstić information content (AvgIpc) is 2.67. The van der Waals surface area contributed by atoms with Gasteiger partial charge < -0.3 is 10.2 Å². The van der Waals surface area contributed by atoms with E-state index in [0.717, 1.165) is 12.8 Å². The van der Waals surface area contributed by atoms with Crippen molar-refractivity contribution in [2.75, 3.05) is 13.1 Å². The largest absolute Gasteiger partial charge is 0.349 e. The minimum absolute atomic E-state index is 0.0131. The number of piperidine rings is 1. The number of likely N-dealkylation sites (tertiary alicyclic amines) is 1. The molecule has 0 spiro atoms. The Kier molecular flexibility index (Phi) is 7.60. The summed E-state index contributed by atoms with van der Waals surface area (Å²) in [7, 11) is -3.58. The van der Waals surface area contributed by atoms with E-state index in [4.69, 9.17) is 0 Å². The zero-order valence-electron chi connectivity index (χ0n) is 17.1. The number of rotatable bonds is 7. The molecule has 1 aliphatic heterocycles. The maximum atomic E-state index is 12.5. The van der Waals surface area contributed by atoms with Crippen molar-refractivity contribution >= 4 is 21.8 Å². The van der Waals surface area contributed by atoms with Gasteiger partial charge in [-0.15, -0.1) is 0 Å². The number of nitrogens with one attached hydrogen (secondary N) is 2. The first-order valence-corrected chi connectivity index (χ1v) is 11.3. The molecule has 0 bridgehead atoms. The Balaban J connectivity index is 1.93. The van der Waals surface area contributed by atoms with Gasteiger partial charge >= 0.3 is 0 Å². The van der Waals surface area contributed by atoms with Crippen LogP contribution in [0.2, 0.25) is 0 Å². The molecular weight excluding hydrogens is 378 g/mol. The van der Waals surface area contributed by atoms with E-state index in [9.17, 15) is 18.0 Å². The van der Waals surface area contributed by atoms with Crippen LogP contribution in [-0.4, -0.2) is 50.3 Å². The van der Waals surface area contributed by atoms with E-state index in [1.54, 1.807) is 6.92 Å². The fourth-order valence-electron chi connectivity index (χ4n) is 3.08. The third kappa shape index (κ3) is 5.78. The average molecular weight is 410 g/mol. The predicted molar refractivity (Wildman–Crippen MR) is 108 cm³/mol. The molecule has 1 atom stereocenters. The number of nitrogens with zero attached hydrogens (tertiary/aromatic N) is 1. The quantitative estimate of drug-likeness (QED) is 0.721. The second kappa shape index (κ2) is 9.52. The molecule has 1 fully saturated rings. The van der Waals surface area contributed by atoms with Gasteiger partial charge in [0.25, 0.3) is 5.91 Å². The van der Waals surface area contributed by atoms with Gasteiger partial charge in [0.15, 0.2) is 0 Å². The van der Waals surface area contributed by atoms with E-state index in [0.29, 0.717) is 25.1 Å². The molecule has 1 aliphatic rings. The van der Waals surface area contributed by atoms with E-state index in [1.807, 2.05) is 25.7 Å². The molecule has 156 valence electrons. The van der Waals surface area contributed by atoms with Crippen molar-refractivity contribution in [2.24, 2.45) is 5.92 Å². The minimum atomic E-state index is -3.58. The molecule has 1 heterocycles. The van der Waals surface area contributed by atoms with Crippen molar-refractivity contribution < 1.29 is 18.0 Å². The predicted octanol–water partition coefficient (Wildman–Crippen LogP) is 2.14. The second-order valence-electron chi connectivity index (χ2n) is 7.68. The van der Waals surface area contributed by atoms with Crippen LogP contribution >= 0.6 is 0 Å².